The SMILES string of the molecule is Cc1ccc(NC(=O)CN(C)C(=O)CNc2ccc(Cl)cc2C(N)=O)cc1. The van der Waals surface area contributed by atoms with Gasteiger partial charge in [-0.2, -0.15) is 0 Å². The van der Waals surface area contributed by atoms with E-state index in [9.17, 15) is 14.4 Å². The van der Waals surface area contributed by atoms with Crippen LogP contribution in [0.15, 0.2) is 42.5 Å². The van der Waals surface area contributed by atoms with Gasteiger partial charge in [0.1, 0.15) is 0 Å². The highest BCUT2D eigenvalue weighted by Crippen LogP contribution is 2.20. The van der Waals surface area contributed by atoms with Crippen LogP contribution < -0.4 is 16.4 Å². The fourth-order valence-corrected chi connectivity index (χ4v) is 2.49. The van der Waals surface area contributed by atoms with Crippen molar-refractivity contribution >= 4 is 40.7 Å². The summed E-state index contributed by atoms with van der Waals surface area (Å²) >= 11 is 5.85. The average Bonchev–Trinajstić information content (AvgIpc) is 2.62. The quantitative estimate of drug-likeness (QED) is 0.676. The molecule has 0 bridgehead atoms. The van der Waals surface area contributed by atoms with Crippen LogP contribution in [0.5, 0.6) is 0 Å². The number of hydrogen-bond donors (Lipinski definition) is 3. The van der Waals surface area contributed by atoms with Crippen LogP contribution in [0.1, 0.15) is 15.9 Å². The average molecular weight is 389 g/mol. The molecule has 0 saturated heterocycles. The van der Waals surface area contributed by atoms with Gasteiger partial charge in [-0.3, -0.25) is 14.4 Å². The van der Waals surface area contributed by atoms with E-state index in [2.05, 4.69) is 10.6 Å². The number of carbonyl (C=O) groups excluding carboxylic acids is 3. The van der Waals surface area contributed by atoms with Gasteiger partial charge in [0.15, 0.2) is 0 Å². The predicted molar refractivity (Wildman–Crippen MR) is 106 cm³/mol. The molecule has 8 heteroatoms. The molecule has 0 aliphatic rings. The molecule has 0 fully saturated rings. The molecule has 2 rings (SSSR count). The molecule has 0 spiro atoms. The van der Waals surface area contributed by atoms with Gasteiger partial charge in [0, 0.05) is 23.4 Å². The number of nitrogens with two attached hydrogens (primary N) is 1. The molecule has 142 valence electrons. The Labute approximate surface area is 162 Å². The Bertz CT molecular complexity index is 853. The second-order valence-electron chi connectivity index (χ2n) is 6.07. The molecule has 0 aromatic heterocycles. The molecule has 27 heavy (non-hydrogen) atoms. The van der Waals surface area contributed by atoms with E-state index < -0.39 is 5.91 Å². The zero-order valence-electron chi connectivity index (χ0n) is 15.1. The van der Waals surface area contributed by atoms with Crippen molar-refractivity contribution in [3.63, 3.8) is 0 Å². The number of halogens is 1. The standard InChI is InChI=1S/C19H21ClN4O3/c1-12-3-6-14(7-4-12)23-17(25)11-24(2)18(26)10-22-16-8-5-13(20)9-15(16)19(21)27/h3-9,22H,10-11H2,1-2H3,(H2,21,27)(H,23,25). The van der Waals surface area contributed by atoms with Crippen molar-refractivity contribution in [1.82, 2.24) is 4.90 Å². The zero-order valence-corrected chi connectivity index (χ0v) is 15.8. The molecule has 0 heterocycles. The van der Waals surface area contributed by atoms with Gasteiger partial charge in [-0.05, 0) is 37.3 Å². The summed E-state index contributed by atoms with van der Waals surface area (Å²) in [7, 11) is 1.52. The van der Waals surface area contributed by atoms with E-state index in [-0.39, 0.29) is 30.5 Å². The first-order chi connectivity index (χ1) is 12.8. The van der Waals surface area contributed by atoms with Crippen LogP contribution in [0, 0.1) is 6.92 Å². The highest BCUT2D eigenvalue weighted by Gasteiger charge is 2.15. The maximum Gasteiger partial charge on any atom is 0.250 e. The lowest BCUT2D eigenvalue weighted by atomic mass is 10.1. The molecule has 0 atom stereocenters. The van der Waals surface area contributed by atoms with Crippen molar-refractivity contribution in [3.8, 4) is 0 Å². The molecular formula is C19H21ClN4O3. The van der Waals surface area contributed by atoms with Gasteiger partial charge in [0.05, 0.1) is 18.7 Å². The van der Waals surface area contributed by atoms with Crippen LogP contribution in [0.4, 0.5) is 11.4 Å². The number of primary amides is 1. The summed E-state index contributed by atoms with van der Waals surface area (Å²) in [5.74, 6) is -1.28. The molecule has 0 aliphatic carbocycles. The van der Waals surface area contributed by atoms with Crippen LogP contribution in [-0.4, -0.2) is 42.8 Å². The molecule has 0 saturated carbocycles. The first kappa shape index (κ1) is 20.3. The maximum absolute atomic E-state index is 12.2. The monoisotopic (exact) mass is 388 g/mol. The number of amides is 3. The van der Waals surface area contributed by atoms with E-state index in [1.165, 1.54) is 18.0 Å². The summed E-state index contributed by atoms with van der Waals surface area (Å²) in [6.45, 7) is 1.75. The number of benzene rings is 2. The van der Waals surface area contributed by atoms with Crippen molar-refractivity contribution in [2.45, 2.75) is 6.92 Å². The predicted octanol–water partition coefficient (Wildman–Crippen LogP) is 2.26. The largest absolute Gasteiger partial charge is 0.376 e. The minimum atomic E-state index is -0.654. The van der Waals surface area contributed by atoms with Gasteiger partial charge >= 0.3 is 0 Å². The molecular weight excluding hydrogens is 368 g/mol. The molecule has 2 aromatic carbocycles. The Morgan fingerprint density at radius 1 is 1.11 bits per heavy atom. The van der Waals surface area contributed by atoms with Crippen molar-refractivity contribution < 1.29 is 14.4 Å². The Morgan fingerprint density at radius 3 is 2.41 bits per heavy atom. The van der Waals surface area contributed by atoms with Crippen molar-refractivity contribution in [2.75, 3.05) is 30.8 Å². The maximum atomic E-state index is 12.2. The number of likely N-dealkylation sites (N-methyl/N-ethyl adjacent to an activating group) is 1. The van der Waals surface area contributed by atoms with E-state index >= 15 is 0 Å². The summed E-state index contributed by atoms with van der Waals surface area (Å²) in [6, 6.07) is 11.9. The van der Waals surface area contributed by atoms with Crippen molar-refractivity contribution in [2.24, 2.45) is 5.73 Å². The molecule has 4 N–H and O–H groups in total. The number of anilines is 2. The third kappa shape index (κ3) is 6.00. The first-order valence-corrected chi connectivity index (χ1v) is 8.58. The van der Waals surface area contributed by atoms with Crippen LogP contribution in [0.2, 0.25) is 5.02 Å². The molecule has 0 aliphatic heterocycles. The number of aryl methyl sites for hydroxylation is 1. The zero-order chi connectivity index (χ0) is 20.0. The highest BCUT2D eigenvalue weighted by molar-refractivity contribution is 6.31. The van der Waals surface area contributed by atoms with Crippen molar-refractivity contribution in [3.05, 3.63) is 58.6 Å². The van der Waals surface area contributed by atoms with Gasteiger partial charge in [-0.25, -0.2) is 0 Å². The third-order valence-electron chi connectivity index (χ3n) is 3.82. The summed E-state index contributed by atoms with van der Waals surface area (Å²) in [5, 5.41) is 5.95. The summed E-state index contributed by atoms with van der Waals surface area (Å²) in [5.41, 5.74) is 7.65. The molecule has 0 radical (unpaired) electrons. The number of rotatable bonds is 7. The number of carbonyl (C=O) groups is 3. The minimum Gasteiger partial charge on any atom is -0.376 e. The molecule has 2 aromatic rings. The van der Waals surface area contributed by atoms with Crippen LogP contribution in [0.25, 0.3) is 0 Å². The van der Waals surface area contributed by atoms with Gasteiger partial charge in [-0.1, -0.05) is 29.3 Å². The lowest BCUT2D eigenvalue weighted by molar-refractivity contribution is -0.131. The topological polar surface area (TPSA) is 105 Å². The van der Waals surface area contributed by atoms with Crippen LogP contribution >= 0.6 is 11.6 Å². The summed E-state index contributed by atoms with van der Waals surface area (Å²) in [4.78, 5) is 37.1. The van der Waals surface area contributed by atoms with E-state index in [4.69, 9.17) is 17.3 Å². The van der Waals surface area contributed by atoms with E-state index in [1.807, 2.05) is 19.1 Å². The number of nitrogens with zero attached hydrogens (tertiary/aromatic N) is 1. The Hall–Kier alpha value is -3.06. The fraction of sp³-hybridized carbons (Fsp3) is 0.211. The summed E-state index contributed by atoms with van der Waals surface area (Å²) in [6.07, 6.45) is 0. The normalized spacial score (nSPS) is 10.2. The van der Waals surface area contributed by atoms with Crippen LogP contribution in [0.3, 0.4) is 0 Å². The van der Waals surface area contributed by atoms with Gasteiger partial charge in [0.25, 0.3) is 5.91 Å². The highest BCUT2D eigenvalue weighted by atomic mass is 35.5. The molecule has 0 unspecified atom stereocenters. The lowest BCUT2D eigenvalue weighted by Gasteiger charge is -2.18. The Balaban J connectivity index is 1.89. The van der Waals surface area contributed by atoms with Crippen molar-refractivity contribution in [1.29, 1.82) is 0 Å². The van der Waals surface area contributed by atoms with Gasteiger partial charge in [-0.15, -0.1) is 0 Å². The molecule has 3 amide bonds. The minimum absolute atomic E-state index is 0.0995. The second-order valence-corrected chi connectivity index (χ2v) is 6.51. The third-order valence-corrected chi connectivity index (χ3v) is 4.05. The number of hydrogen-bond acceptors (Lipinski definition) is 4. The van der Waals surface area contributed by atoms with E-state index in [0.29, 0.717) is 16.4 Å². The summed E-state index contributed by atoms with van der Waals surface area (Å²) < 4.78 is 0. The second kappa shape index (κ2) is 9.05. The van der Waals surface area contributed by atoms with E-state index in [0.717, 1.165) is 5.56 Å². The Kier molecular flexibility index (Phi) is 6.79. The molecule has 7 nitrogen and oxygen atoms in total. The Morgan fingerprint density at radius 2 is 1.78 bits per heavy atom. The van der Waals surface area contributed by atoms with Gasteiger partial charge in [0.2, 0.25) is 11.8 Å². The number of nitrogens with one attached hydrogen (secondary N) is 2. The smallest absolute Gasteiger partial charge is 0.250 e. The fourth-order valence-electron chi connectivity index (χ4n) is 2.32. The van der Waals surface area contributed by atoms with Crippen LogP contribution in [-0.2, 0) is 9.59 Å². The van der Waals surface area contributed by atoms with E-state index in [1.54, 1.807) is 24.3 Å². The first-order valence-electron chi connectivity index (χ1n) is 8.20. The lowest BCUT2D eigenvalue weighted by Crippen LogP contribution is -2.38. The van der Waals surface area contributed by atoms with Gasteiger partial charge < -0.3 is 21.3 Å².